The number of carbonyl (C=O) groups is 1. The summed E-state index contributed by atoms with van der Waals surface area (Å²) in [5.41, 5.74) is 0.530. The molecule has 1 aromatic rings. The van der Waals surface area contributed by atoms with Crippen molar-refractivity contribution in [2.24, 2.45) is 11.8 Å². The Morgan fingerprint density at radius 1 is 1.11 bits per heavy atom. The highest BCUT2D eigenvalue weighted by atomic mass is 19.1. The van der Waals surface area contributed by atoms with E-state index in [-0.39, 0.29) is 17.8 Å². The molecule has 2 nitrogen and oxygen atoms in total. The summed E-state index contributed by atoms with van der Waals surface area (Å²) in [6, 6.07) is 5.95. The van der Waals surface area contributed by atoms with Gasteiger partial charge in [-0.15, -0.1) is 0 Å². The standard InChI is InChI=1S/C15H20FNO/c1-10-7-11(2)9-14(8-10)17-15(18)12-3-5-13(16)6-4-12/h3-6,10-11,14H,7-9H2,1-2H3,(H,17,18). The van der Waals surface area contributed by atoms with Crippen molar-refractivity contribution in [2.45, 2.75) is 39.2 Å². The Balaban J connectivity index is 1.96. The van der Waals surface area contributed by atoms with Gasteiger partial charge in [0.2, 0.25) is 0 Å². The molecule has 1 aliphatic carbocycles. The van der Waals surface area contributed by atoms with Crippen LogP contribution in [0.3, 0.4) is 0 Å². The van der Waals surface area contributed by atoms with Crippen molar-refractivity contribution in [3.05, 3.63) is 35.6 Å². The lowest BCUT2D eigenvalue weighted by Crippen LogP contribution is -2.40. The van der Waals surface area contributed by atoms with E-state index < -0.39 is 0 Å². The first-order chi connectivity index (χ1) is 8.54. The first-order valence-electron chi connectivity index (χ1n) is 6.61. The van der Waals surface area contributed by atoms with Crippen molar-refractivity contribution < 1.29 is 9.18 Å². The Morgan fingerprint density at radius 2 is 1.67 bits per heavy atom. The van der Waals surface area contributed by atoms with E-state index in [2.05, 4.69) is 19.2 Å². The van der Waals surface area contributed by atoms with E-state index in [9.17, 15) is 9.18 Å². The van der Waals surface area contributed by atoms with E-state index in [0.29, 0.717) is 17.4 Å². The number of amides is 1. The number of halogens is 1. The normalized spacial score (nSPS) is 27.8. The molecule has 18 heavy (non-hydrogen) atoms. The molecule has 0 radical (unpaired) electrons. The van der Waals surface area contributed by atoms with Crippen molar-refractivity contribution in [2.75, 3.05) is 0 Å². The Morgan fingerprint density at radius 3 is 2.22 bits per heavy atom. The fraction of sp³-hybridized carbons (Fsp3) is 0.533. The van der Waals surface area contributed by atoms with Crippen LogP contribution in [-0.4, -0.2) is 11.9 Å². The number of hydrogen-bond donors (Lipinski definition) is 1. The summed E-state index contributed by atoms with van der Waals surface area (Å²) in [6.45, 7) is 4.46. The van der Waals surface area contributed by atoms with Crippen LogP contribution in [0.2, 0.25) is 0 Å². The lowest BCUT2D eigenvalue weighted by atomic mass is 9.80. The van der Waals surface area contributed by atoms with Crippen molar-refractivity contribution >= 4 is 5.91 Å². The SMILES string of the molecule is CC1CC(C)CC(NC(=O)c2ccc(F)cc2)C1. The van der Waals surface area contributed by atoms with Gasteiger partial charge in [-0.3, -0.25) is 4.79 Å². The van der Waals surface area contributed by atoms with Gasteiger partial charge < -0.3 is 5.32 Å². The van der Waals surface area contributed by atoms with Crippen LogP contribution in [-0.2, 0) is 0 Å². The third-order valence-electron chi connectivity index (χ3n) is 3.62. The maximum Gasteiger partial charge on any atom is 0.251 e. The molecule has 0 aliphatic heterocycles. The molecule has 2 rings (SSSR count). The van der Waals surface area contributed by atoms with Gasteiger partial charge in [-0.1, -0.05) is 13.8 Å². The van der Waals surface area contributed by atoms with E-state index in [1.807, 2.05) is 0 Å². The van der Waals surface area contributed by atoms with Crippen molar-refractivity contribution in [1.82, 2.24) is 5.32 Å². The largest absolute Gasteiger partial charge is 0.349 e. The number of carbonyl (C=O) groups excluding carboxylic acids is 1. The van der Waals surface area contributed by atoms with E-state index >= 15 is 0 Å². The number of benzene rings is 1. The highest BCUT2D eigenvalue weighted by Crippen LogP contribution is 2.28. The molecule has 0 heterocycles. The van der Waals surface area contributed by atoms with Gasteiger partial charge in [0.15, 0.2) is 0 Å². The molecule has 1 fully saturated rings. The number of nitrogens with one attached hydrogen (secondary N) is 1. The summed E-state index contributed by atoms with van der Waals surface area (Å²) in [5.74, 6) is 0.910. The predicted octanol–water partition coefficient (Wildman–Crippen LogP) is 3.38. The van der Waals surface area contributed by atoms with Crippen LogP contribution in [0.25, 0.3) is 0 Å². The van der Waals surface area contributed by atoms with Crippen LogP contribution >= 0.6 is 0 Å². The molecule has 98 valence electrons. The molecule has 2 atom stereocenters. The highest BCUT2D eigenvalue weighted by Gasteiger charge is 2.25. The Labute approximate surface area is 108 Å². The van der Waals surface area contributed by atoms with Crippen LogP contribution in [0.5, 0.6) is 0 Å². The second kappa shape index (κ2) is 5.51. The molecular weight excluding hydrogens is 229 g/mol. The average molecular weight is 249 g/mol. The first kappa shape index (κ1) is 13.1. The molecule has 1 amide bonds. The fourth-order valence-electron chi connectivity index (χ4n) is 2.93. The number of hydrogen-bond acceptors (Lipinski definition) is 1. The van der Waals surface area contributed by atoms with Gasteiger partial charge in [0, 0.05) is 11.6 Å². The Hall–Kier alpha value is -1.38. The highest BCUT2D eigenvalue weighted by molar-refractivity contribution is 5.94. The molecule has 3 heteroatoms. The molecule has 1 aromatic carbocycles. The summed E-state index contributed by atoms with van der Waals surface area (Å²) in [6.07, 6.45) is 3.32. The van der Waals surface area contributed by atoms with Crippen LogP contribution in [0.1, 0.15) is 43.5 Å². The van der Waals surface area contributed by atoms with Gasteiger partial charge in [0.1, 0.15) is 5.82 Å². The van der Waals surface area contributed by atoms with Gasteiger partial charge in [0.25, 0.3) is 5.91 Å². The second-order valence-corrected chi connectivity index (χ2v) is 5.59. The van der Waals surface area contributed by atoms with Crippen LogP contribution in [0.4, 0.5) is 4.39 Å². The van der Waals surface area contributed by atoms with Crippen LogP contribution in [0, 0.1) is 17.7 Å². The molecule has 1 saturated carbocycles. The van der Waals surface area contributed by atoms with Gasteiger partial charge in [-0.2, -0.15) is 0 Å². The van der Waals surface area contributed by atoms with E-state index in [1.54, 1.807) is 0 Å². The minimum atomic E-state index is -0.313. The Bertz CT molecular complexity index is 405. The molecule has 0 bridgehead atoms. The van der Waals surface area contributed by atoms with Gasteiger partial charge >= 0.3 is 0 Å². The quantitative estimate of drug-likeness (QED) is 0.855. The average Bonchev–Trinajstić information content (AvgIpc) is 2.28. The topological polar surface area (TPSA) is 29.1 Å². The maximum absolute atomic E-state index is 12.8. The van der Waals surface area contributed by atoms with Crippen LogP contribution in [0.15, 0.2) is 24.3 Å². The lowest BCUT2D eigenvalue weighted by molar-refractivity contribution is 0.0911. The minimum Gasteiger partial charge on any atom is -0.349 e. The fourth-order valence-corrected chi connectivity index (χ4v) is 2.93. The van der Waals surface area contributed by atoms with Gasteiger partial charge in [-0.25, -0.2) is 4.39 Å². The molecular formula is C15H20FNO. The molecule has 0 saturated heterocycles. The van der Waals surface area contributed by atoms with E-state index in [4.69, 9.17) is 0 Å². The zero-order valence-electron chi connectivity index (χ0n) is 10.9. The maximum atomic E-state index is 12.8. The van der Waals surface area contributed by atoms with E-state index in [1.165, 1.54) is 30.7 Å². The second-order valence-electron chi connectivity index (χ2n) is 5.59. The van der Waals surface area contributed by atoms with Gasteiger partial charge in [0.05, 0.1) is 0 Å². The Kier molecular flexibility index (Phi) is 4.00. The third-order valence-corrected chi connectivity index (χ3v) is 3.62. The summed E-state index contributed by atoms with van der Waals surface area (Å²) in [4.78, 5) is 12.0. The summed E-state index contributed by atoms with van der Waals surface area (Å²) in [7, 11) is 0. The van der Waals surface area contributed by atoms with Crippen molar-refractivity contribution in [3.8, 4) is 0 Å². The molecule has 1 aliphatic rings. The number of rotatable bonds is 2. The molecule has 2 unspecified atom stereocenters. The molecule has 1 N–H and O–H groups in total. The zero-order chi connectivity index (χ0) is 13.1. The van der Waals surface area contributed by atoms with Crippen LogP contribution < -0.4 is 5.32 Å². The summed E-state index contributed by atoms with van der Waals surface area (Å²) >= 11 is 0. The smallest absolute Gasteiger partial charge is 0.251 e. The predicted molar refractivity (Wildman–Crippen MR) is 69.8 cm³/mol. The summed E-state index contributed by atoms with van der Waals surface area (Å²) < 4.78 is 12.8. The van der Waals surface area contributed by atoms with Crippen molar-refractivity contribution in [3.63, 3.8) is 0 Å². The van der Waals surface area contributed by atoms with Gasteiger partial charge in [-0.05, 0) is 55.4 Å². The lowest BCUT2D eigenvalue weighted by Gasteiger charge is -2.31. The first-order valence-corrected chi connectivity index (χ1v) is 6.61. The minimum absolute atomic E-state index is 0.0960. The third kappa shape index (κ3) is 3.31. The van der Waals surface area contributed by atoms with E-state index in [0.717, 1.165) is 12.8 Å². The zero-order valence-corrected chi connectivity index (χ0v) is 10.9. The monoisotopic (exact) mass is 249 g/mol. The molecule has 0 spiro atoms. The molecule has 0 aromatic heterocycles. The van der Waals surface area contributed by atoms with Crippen molar-refractivity contribution in [1.29, 1.82) is 0 Å². The summed E-state index contributed by atoms with van der Waals surface area (Å²) in [5, 5.41) is 3.05.